The van der Waals surface area contributed by atoms with Crippen LogP contribution in [0.4, 0.5) is 4.39 Å². The zero-order valence-corrected chi connectivity index (χ0v) is 9.69. The Kier molecular flexibility index (Phi) is 3.54. The Morgan fingerprint density at radius 1 is 1.47 bits per heavy atom. The molecule has 4 atom stereocenters. The molecule has 0 bridgehead atoms. The van der Waals surface area contributed by atoms with Crippen LogP contribution in [0.3, 0.4) is 0 Å². The van der Waals surface area contributed by atoms with Gasteiger partial charge in [0.15, 0.2) is 11.8 Å². The molecule has 2 rings (SSSR count). The highest BCUT2D eigenvalue weighted by molar-refractivity contribution is 5.01. The van der Waals surface area contributed by atoms with Crippen molar-refractivity contribution in [2.45, 2.75) is 24.0 Å². The van der Waals surface area contributed by atoms with Crippen molar-refractivity contribution in [3.8, 4) is 0 Å². The number of aliphatic hydroxyl groups excluding tert-OH is 3. The summed E-state index contributed by atoms with van der Waals surface area (Å²) in [6.07, 6.45) is -3.67. The molecular formula is C10H13FN2O6. The van der Waals surface area contributed by atoms with Crippen LogP contribution in [0.15, 0.2) is 21.9 Å². The van der Waals surface area contributed by atoms with Gasteiger partial charge in [0.05, 0.1) is 6.61 Å². The number of nitrogens with one attached hydrogen (secondary N) is 1. The summed E-state index contributed by atoms with van der Waals surface area (Å²) in [5, 5.41) is 28.6. The second kappa shape index (κ2) is 4.85. The van der Waals surface area contributed by atoms with Crippen LogP contribution in [0, 0.1) is 0 Å². The Balaban J connectivity index is 2.42. The van der Waals surface area contributed by atoms with E-state index in [0.717, 1.165) is 16.8 Å². The molecule has 0 spiro atoms. The van der Waals surface area contributed by atoms with Crippen LogP contribution in [0.25, 0.3) is 0 Å². The van der Waals surface area contributed by atoms with E-state index in [1.165, 1.54) is 0 Å². The van der Waals surface area contributed by atoms with Crippen molar-refractivity contribution in [3.05, 3.63) is 33.1 Å². The van der Waals surface area contributed by atoms with E-state index in [0.29, 0.717) is 0 Å². The molecule has 1 aromatic heterocycles. The smallest absolute Gasteiger partial charge is 0.330 e. The number of halogens is 1. The fourth-order valence-corrected chi connectivity index (χ4v) is 1.98. The van der Waals surface area contributed by atoms with Gasteiger partial charge in [-0.15, -0.1) is 0 Å². The largest absolute Gasteiger partial charge is 0.393 e. The Labute approximate surface area is 105 Å². The maximum Gasteiger partial charge on any atom is 0.330 e. The van der Waals surface area contributed by atoms with Crippen molar-refractivity contribution in [2.24, 2.45) is 0 Å². The van der Waals surface area contributed by atoms with Gasteiger partial charge in [-0.25, -0.2) is 9.18 Å². The van der Waals surface area contributed by atoms with Gasteiger partial charge in [-0.05, 0) is 0 Å². The van der Waals surface area contributed by atoms with Gasteiger partial charge < -0.3 is 20.1 Å². The van der Waals surface area contributed by atoms with E-state index >= 15 is 0 Å². The van der Waals surface area contributed by atoms with E-state index < -0.39 is 48.6 Å². The summed E-state index contributed by atoms with van der Waals surface area (Å²) in [7, 11) is 0. The molecular weight excluding hydrogens is 263 g/mol. The monoisotopic (exact) mass is 276 g/mol. The van der Waals surface area contributed by atoms with E-state index in [2.05, 4.69) is 0 Å². The van der Waals surface area contributed by atoms with Crippen LogP contribution in [-0.2, 0) is 4.74 Å². The van der Waals surface area contributed by atoms with Crippen LogP contribution < -0.4 is 11.2 Å². The molecule has 4 N–H and O–H groups in total. The minimum Gasteiger partial charge on any atom is -0.393 e. The van der Waals surface area contributed by atoms with Crippen LogP contribution in [-0.4, -0.2) is 56.0 Å². The number of nitrogens with zero attached hydrogens (tertiary/aromatic N) is 1. The normalized spacial score (nSPS) is 34.6. The lowest BCUT2D eigenvalue weighted by Gasteiger charge is -2.26. The van der Waals surface area contributed by atoms with Gasteiger partial charge >= 0.3 is 5.69 Å². The van der Waals surface area contributed by atoms with Crippen molar-refractivity contribution < 1.29 is 24.4 Å². The summed E-state index contributed by atoms with van der Waals surface area (Å²) < 4.78 is 18.8. The Bertz CT molecular complexity index is 566. The minimum absolute atomic E-state index is 0.645. The maximum absolute atomic E-state index is 12.9. The number of alkyl halides is 1. The SMILES string of the molecule is O=c1ccn(C2O[C@@](CO)(CF)[C@@H](O)C2O)c(=O)[nH]1. The zero-order valence-electron chi connectivity index (χ0n) is 9.69. The molecule has 1 aromatic rings. The van der Waals surface area contributed by atoms with Gasteiger partial charge in [0.25, 0.3) is 5.56 Å². The molecule has 1 aliphatic rings. The second-order valence-corrected chi connectivity index (χ2v) is 4.32. The van der Waals surface area contributed by atoms with Crippen LogP contribution in [0.1, 0.15) is 6.23 Å². The lowest BCUT2D eigenvalue weighted by molar-refractivity contribution is -0.138. The molecule has 0 aromatic carbocycles. The van der Waals surface area contributed by atoms with E-state index in [1.54, 1.807) is 0 Å². The zero-order chi connectivity index (χ0) is 14.2. The molecule has 0 saturated carbocycles. The fraction of sp³-hybridized carbons (Fsp3) is 0.600. The number of H-pyrrole nitrogens is 1. The molecule has 0 aliphatic carbocycles. The minimum atomic E-state index is -1.99. The first kappa shape index (κ1) is 13.9. The Morgan fingerprint density at radius 2 is 2.16 bits per heavy atom. The van der Waals surface area contributed by atoms with Crippen LogP contribution in [0.5, 0.6) is 0 Å². The van der Waals surface area contributed by atoms with E-state index in [9.17, 15) is 24.2 Å². The molecule has 1 fully saturated rings. The molecule has 106 valence electrons. The number of aromatic amines is 1. The summed E-state index contributed by atoms with van der Waals surface area (Å²) in [6, 6.07) is 1.01. The standard InChI is InChI=1S/C10H13FN2O6/c11-3-10(4-14)7(17)6(16)8(19-10)13-2-1-5(15)12-9(13)18/h1-2,6-8,14,16-17H,3-4H2,(H,12,15,18)/t6?,7-,8?,10+/m0/s1. The lowest BCUT2D eigenvalue weighted by Crippen LogP contribution is -2.48. The number of aliphatic hydroxyl groups is 3. The third-order valence-corrected chi connectivity index (χ3v) is 3.13. The summed E-state index contributed by atoms with van der Waals surface area (Å²) in [5.74, 6) is 0. The first-order chi connectivity index (χ1) is 8.95. The molecule has 8 nitrogen and oxygen atoms in total. The molecule has 2 unspecified atom stereocenters. The lowest BCUT2D eigenvalue weighted by atomic mass is 9.98. The van der Waals surface area contributed by atoms with Gasteiger partial charge in [-0.2, -0.15) is 0 Å². The highest BCUT2D eigenvalue weighted by Gasteiger charge is 2.55. The highest BCUT2D eigenvalue weighted by Crippen LogP contribution is 2.36. The predicted molar refractivity (Wildman–Crippen MR) is 59.3 cm³/mol. The van der Waals surface area contributed by atoms with Crippen LogP contribution in [0.2, 0.25) is 0 Å². The Morgan fingerprint density at radius 3 is 2.63 bits per heavy atom. The number of aromatic nitrogens is 2. The van der Waals surface area contributed by atoms with E-state index in [4.69, 9.17) is 9.84 Å². The van der Waals surface area contributed by atoms with Gasteiger partial charge in [-0.1, -0.05) is 0 Å². The van der Waals surface area contributed by atoms with E-state index in [-0.39, 0.29) is 0 Å². The molecule has 2 heterocycles. The first-order valence-corrected chi connectivity index (χ1v) is 5.47. The number of hydrogen-bond acceptors (Lipinski definition) is 6. The van der Waals surface area contributed by atoms with Gasteiger partial charge in [0.2, 0.25) is 0 Å². The molecule has 1 saturated heterocycles. The average Bonchev–Trinajstić information content (AvgIpc) is 2.64. The molecule has 9 heteroatoms. The van der Waals surface area contributed by atoms with Crippen molar-refractivity contribution in [2.75, 3.05) is 13.3 Å². The third-order valence-electron chi connectivity index (χ3n) is 3.13. The van der Waals surface area contributed by atoms with Gasteiger partial charge in [-0.3, -0.25) is 14.3 Å². The van der Waals surface area contributed by atoms with Crippen molar-refractivity contribution in [3.63, 3.8) is 0 Å². The quantitative estimate of drug-likeness (QED) is 0.483. The summed E-state index contributed by atoms with van der Waals surface area (Å²) in [6.45, 7) is -2.10. The summed E-state index contributed by atoms with van der Waals surface area (Å²) >= 11 is 0. The highest BCUT2D eigenvalue weighted by atomic mass is 19.1. The van der Waals surface area contributed by atoms with Crippen LogP contribution >= 0.6 is 0 Å². The van der Waals surface area contributed by atoms with Gasteiger partial charge in [0, 0.05) is 12.3 Å². The number of hydrogen-bond donors (Lipinski definition) is 4. The maximum atomic E-state index is 12.9. The summed E-state index contributed by atoms with van der Waals surface area (Å²) in [5.41, 5.74) is -3.51. The molecule has 0 radical (unpaired) electrons. The second-order valence-electron chi connectivity index (χ2n) is 4.32. The number of rotatable bonds is 3. The Hall–Kier alpha value is -1.55. The van der Waals surface area contributed by atoms with E-state index in [1.807, 2.05) is 4.98 Å². The fourth-order valence-electron chi connectivity index (χ4n) is 1.98. The molecule has 19 heavy (non-hydrogen) atoms. The van der Waals surface area contributed by atoms with Gasteiger partial charge in [0.1, 0.15) is 18.9 Å². The van der Waals surface area contributed by atoms with Crippen molar-refractivity contribution in [1.29, 1.82) is 0 Å². The average molecular weight is 276 g/mol. The van der Waals surface area contributed by atoms with Crippen molar-refractivity contribution >= 4 is 0 Å². The first-order valence-electron chi connectivity index (χ1n) is 5.47. The predicted octanol–water partition coefficient (Wildman–Crippen LogP) is -2.51. The molecule has 1 aliphatic heterocycles. The number of ether oxygens (including phenoxy) is 1. The molecule has 0 amide bonds. The topological polar surface area (TPSA) is 125 Å². The van der Waals surface area contributed by atoms with Crippen molar-refractivity contribution in [1.82, 2.24) is 9.55 Å². The third kappa shape index (κ3) is 2.10. The summed E-state index contributed by atoms with van der Waals surface area (Å²) in [4.78, 5) is 24.4.